The molecule has 0 aromatic heterocycles. The third-order valence-electron chi connectivity index (χ3n) is 3.58. The van der Waals surface area contributed by atoms with Crippen LogP contribution in [0.3, 0.4) is 0 Å². The molecule has 0 radical (unpaired) electrons. The lowest BCUT2D eigenvalue weighted by atomic mass is 9.82. The Morgan fingerprint density at radius 3 is 2.25 bits per heavy atom. The first-order valence-electron chi connectivity index (χ1n) is 6.57. The molecule has 2 atom stereocenters. The molecule has 1 fully saturated rings. The smallest absolute Gasteiger partial charge is 0.330 e. The van der Waals surface area contributed by atoms with Crippen molar-refractivity contribution in [1.29, 1.82) is 0 Å². The summed E-state index contributed by atoms with van der Waals surface area (Å²) in [6.07, 6.45) is -3.07. The van der Waals surface area contributed by atoms with Crippen LogP contribution < -0.4 is 5.73 Å². The third kappa shape index (κ3) is 4.30. The molecule has 0 aliphatic carbocycles. The Morgan fingerprint density at radius 1 is 1.30 bits per heavy atom. The minimum absolute atomic E-state index is 0.0855. The predicted molar refractivity (Wildman–Crippen MR) is 67.1 cm³/mol. The van der Waals surface area contributed by atoms with E-state index in [0.29, 0.717) is 6.42 Å². The molecule has 20 heavy (non-hydrogen) atoms. The molecule has 0 aromatic carbocycles. The van der Waals surface area contributed by atoms with E-state index in [-0.39, 0.29) is 18.1 Å². The van der Waals surface area contributed by atoms with Crippen molar-refractivity contribution < 1.29 is 27.0 Å². The Labute approximate surface area is 116 Å². The first kappa shape index (κ1) is 17.7. The molecule has 1 aliphatic heterocycles. The number of nitrogens with two attached hydrogens (primary N) is 1. The predicted octanol–water partition coefficient (Wildman–Crippen LogP) is 2.82. The van der Waals surface area contributed by atoms with Crippen molar-refractivity contribution in [2.45, 2.75) is 63.7 Å². The van der Waals surface area contributed by atoms with Gasteiger partial charge in [-0.1, -0.05) is 0 Å². The lowest BCUT2D eigenvalue weighted by molar-refractivity contribution is -0.168. The van der Waals surface area contributed by atoms with Crippen LogP contribution in [-0.4, -0.2) is 42.8 Å². The van der Waals surface area contributed by atoms with Crippen LogP contribution in [0.2, 0.25) is 0 Å². The molecule has 1 saturated heterocycles. The molecule has 1 aliphatic rings. The van der Waals surface area contributed by atoms with E-state index in [1.54, 1.807) is 0 Å². The van der Waals surface area contributed by atoms with Crippen molar-refractivity contribution >= 4 is 0 Å². The van der Waals surface area contributed by atoms with E-state index in [1.165, 1.54) is 0 Å². The Morgan fingerprint density at radius 2 is 1.85 bits per heavy atom. The number of halogens is 4. The summed E-state index contributed by atoms with van der Waals surface area (Å²) in [5.41, 5.74) is 5.09. The van der Waals surface area contributed by atoms with Gasteiger partial charge in [-0.25, -0.2) is 8.78 Å². The number of hydrogen-bond acceptors (Lipinski definition) is 3. The van der Waals surface area contributed by atoms with Crippen LogP contribution in [0.5, 0.6) is 0 Å². The van der Waals surface area contributed by atoms with Gasteiger partial charge in [0.2, 0.25) is 0 Å². The number of rotatable bonds is 6. The molecule has 2 N–H and O–H groups in total. The molecule has 120 valence electrons. The summed E-state index contributed by atoms with van der Waals surface area (Å²) >= 11 is 0. The summed E-state index contributed by atoms with van der Waals surface area (Å²) in [5.74, 6) is -4.22. The van der Waals surface area contributed by atoms with Gasteiger partial charge in [-0.15, -0.1) is 0 Å². The summed E-state index contributed by atoms with van der Waals surface area (Å²) in [7, 11) is 0. The van der Waals surface area contributed by atoms with Crippen LogP contribution in [-0.2, 0) is 9.47 Å². The van der Waals surface area contributed by atoms with E-state index in [4.69, 9.17) is 10.5 Å². The summed E-state index contributed by atoms with van der Waals surface area (Å²) in [5, 5.41) is 0. The summed E-state index contributed by atoms with van der Waals surface area (Å²) in [4.78, 5) is 0. The van der Waals surface area contributed by atoms with Gasteiger partial charge in [0.05, 0.1) is 17.8 Å². The Balaban J connectivity index is 2.50. The van der Waals surface area contributed by atoms with E-state index in [2.05, 4.69) is 4.74 Å². The Hall–Kier alpha value is -0.400. The fourth-order valence-electron chi connectivity index (χ4n) is 2.78. The van der Waals surface area contributed by atoms with Gasteiger partial charge in [-0.05, 0) is 34.1 Å². The maximum Gasteiger partial charge on any atom is 0.330 e. The molecule has 2 unspecified atom stereocenters. The molecule has 0 aromatic rings. The van der Waals surface area contributed by atoms with E-state index < -0.39 is 30.6 Å². The van der Waals surface area contributed by atoms with Crippen LogP contribution in [0.15, 0.2) is 0 Å². The molecule has 3 nitrogen and oxygen atoms in total. The molecular weight excluding hydrogens is 278 g/mol. The van der Waals surface area contributed by atoms with Gasteiger partial charge in [0, 0.05) is 12.0 Å². The summed E-state index contributed by atoms with van der Waals surface area (Å²) in [6, 6.07) is -0.541. The van der Waals surface area contributed by atoms with Crippen LogP contribution in [0.25, 0.3) is 0 Å². The van der Waals surface area contributed by atoms with Crippen molar-refractivity contribution in [3.05, 3.63) is 0 Å². The molecule has 1 rings (SSSR count). The zero-order valence-corrected chi connectivity index (χ0v) is 12.3. The largest absolute Gasteiger partial charge is 0.373 e. The maximum absolute atomic E-state index is 12.7. The van der Waals surface area contributed by atoms with Crippen molar-refractivity contribution in [2.75, 3.05) is 13.2 Å². The molecule has 7 heteroatoms. The normalized spacial score (nSPS) is 27.0. The molecule has 0 spiro atoms. The van der Waals surface area contributed by atoms with Gasteiger partial charge >= 0.3 is 12.3 Å². The van der Waals surface area contributed by atoms with Crippen LogP contribution in [0.4, 0.5) is 17.6 Å². The molecule has 1 heterocycles. The van der Waals surface area contributed by atoms with Gasteiger partial charge in [-0.2, -0.15) is 8.78 Å². The Bertz CT molecular complexity index is 334. The molecule has 0 bridgehead atoms. The highest BCUT2D eigenvalue weighted by atomic mass is 19.3. The average Bonchev–Trinajstić information content (AvgIpc) is 2.46. The van der Waals surface area contributed by atoms with Crippen molar-refractivity contribution in [3.63, 3.8) is 0 Å². The van der Waals surface area contributed by atoms with E-state index in [0.717, 1.165) is 0 Å². The van der Waals surface area contributed by atoms with Gasteiger partial charge in [0.25, 0.3) is 0 Å². The van der Waals surface area contributed by atoms with E-state index in [1.807, 2.05) is 27.7 Å². The molecule has 0 saturated carbocycles. The van der Waals surface area contributed by atoms with Crippen LogP contribution in [0, 0.1) is 5.92 Å². The highest BCUT2D eigenvalue weighted by Gasteiger charge is 2.48. The first-order valence-corrected chi connectivity index (χ1v) is 6.57. The second-order valence-electron chi connectivity index (χ2n) is 6.52. The van der Waals surface area contributed by atoms with Gasteiger partial charge in [-0.3, -0.25) is 0 Å². The van der Waals surface area contributed by atoms with Gasteiger partial charge < -0.3 is 15.2 Å². The summed E-state index contributed by atoms with van der Waals surface area (Å²) in [6.45, 7) is 6.08. The standard InChI is InChI=1S/C13H23F4NO2/c1-11(2)5-8(12(3,4)20-11)9(18)6-19-7-13(16,17)10(14)15/h8-10H,5-7,18H2,1-4H3. The van der Waals surface area contributed by atoms with Gasteiger partial charge in [0.15, 0.2) is 0 Å². The Kier molecular flexibility index (Phi) is 5.09. The van der Waals surface area contributed by atoms with Crippen LogP contribution >= 0.6 is 0 Å². The first-order chi connectivity index (χ1) is 8.87. The van der Waals surface area contributed by atoms with Crippen molar-refractivity contribution in [3.8, 4) is 0 Å². The molecule has 0 amide bonds. The minimum atomic E-state index is -4.14. The van der Waals surface area contributed by atoms with Gasteiger partial charge in [0.1, 0.15) is 6.61 Å². The SMILES string of the molecule is CC1(C)CC(C(N)COCC(F)(F)C(F)F)C(C)(C)O1. The molecular formula is C13H23F4NO2. The second kappa shape index (κ2) is 5.77. The third-order valence-corrected chi connectivity index (χ3v) is 3.58. The lowest BCUT2D eigenvalue weighted by Crippen LogP contribution is -2.44. The van der Waals surface area contributed by atoms with E-state index in [9.17, 15) is 17.6 Å². The zero-order valence-electron chi connectivity index (χ0n) is 12.3. The second-order valence-corrected chi connectivity index (χ2v) is 6.52. The number of alkyl halides is 4. The van der Waals surface area contributed by atoms with Crippen LogP contribution in [0.1, 0.15) is 34.1 Å². The highest BCUT2D eigenvalue weighted by Crippen LogP contribution is 2.43. The number of ether oxygens (including phenoxy) is 2. The fourth-order valence-corrected chi connectivity index (χ4v) is 2.78. The number of hydrogen-bond donors (Lipinski definition) is 1. The summed E-state index contributed by atoms with van der Waals surface area (Å²) < 4.78 is 59.9. The monoisotopic (exact) mass is 301 g/mol. The maximum atomic E-state index is 12.7. The topological polar surface area (TPSA) is 44.5 Å². The lowest BCUT2D eigenvalue weighted by Gasteiger charge is -2.31. The zero-order chi connectivity index (χ0) is 15.8. The van der Waals surface area contributed by atoms with Crippen molar-refractivity contribution in [2.24, 2.45) is 11.7 Å². The quantitative estimate of drug-likeness (QED) is 0.767. The average molecular weight is 301 g/mol. The van der Waals surface area contributed by atoms with E-state index >= 15 is 0 Å². The fraction of sp³-hybridized carbons (Fsp3) is 1.00. The highest BCUT2D eigenvalue weighted by molar-refractivity contribution is 4.98. The minimum Gasteiger partial charge on any atom is -0.373 e. The van der Waals surface area contributed by atoms with Crippen molar-refractivity contribution in [1.82, 2.24) is 0 Å².